The maximum Gasteiger partial charge on any atom is 0.363 e. The largest absolute Gasteiger partial charge is 0.493 e. The van der Waals surface area contributed by atoms with Crippen LogP contribution in [0.2, 0.25) is 5.02 Å². The zero-order chi connectivity index (χ0) is 18.5. The second-order valence-electron chi connectivity index (χ2n) is 5.33. The van der Waals surface area contributed by atoms with Crippen LogP contribution in [0.4, 0.5) is 0 Å². The number of rotatable bonds is 6. The fourth-order valence-electron chi connectivity index (χ4n) is 2.36. The standard InChI is InChI=1S/C20H16ClNO4/c1-3-10-25-17-9-8-13(12-18(17)24-2)11-16-20(23)26-19(22-16)14-6-4-5-7-15(14)21/h3-9,11-12H,1,10H2,2H3/b16-11-. The number of aliphatic imine (C=N–C) groups is 1. The molecular weight excluding hydrogens is 354 g/mol. The number of cyclic esters (lactones) is 1. The van der Waals surface area contributed by atoms with Crippen LogP contribution in [0.25, 0.3) is 6.08 Å². The predicted molar refractivity (Wildman–Crippen MR) is 101 cm³/mol. The lowest BCUT2D eigenvalue weighted by molar-refractivity contribution is -0.129. The van der Waals surface area contributed by atoms with Crippen LogP contribution >= 0.6 is 11.6 Å². The van der Waals surface area contributed by atoms with Gasteiger partial charge in [-0.05, 0) is 35.9 Å². The molecule has 0 saturated heterocycles. The van der Waals surface area contributed by atoms with Gasteiger partial charge in [0.2, 0.25) is 5.90 Å². The Kier molecular flexibility index (Phi) is 5.39. The Morgan fingerprint density at radius 2 is 2.04 bits per heavy atom. The van der Waals surface area contributed by atoms with E-state index < -0.39 is 5.97 Å². The summed E-state index contributed by atoms with van der Waals surface area (Å²) in [5.74, 6) is 0.780. The fraction of sp³-hybridized carbons (Fsp3) is 0.100. The monoisotopic (exact) mass is 369 g/mol. The Morgan fingerprint density at radius 1 is 1.23 bits per heavy atom. The van der Waals surface area contributed by atoms with Crippen molar-refractivity contribution in [1.82, 2.24) is 0 Å². The molecule has 0 amide bonds. The molecular formula is C20H16ClNO4. The van der Waals surface area contributed by atoms with Gasteiger partial charge in [-0.3, -0.25) is 0 Å². The van der Waals surface area contributed by atoms with Crippen LogP contribution in [-0.4, -0.2) is 25.6 Å². The molecule has 1 heterocycles. The number of carbonyl (C=O) groups is 1. The van der Waals surface area contributed by atoms with E-state index in [1.165, 1.54) is 0 Å². The van der Waals surface area contributed by atoms with E-state index in [-0.39, 0.29) is 11.6 Å². The van der Waals surface area contributed by atoms with E-state index >= 15 is 0 Å². The van der Waals surface area contributed by atoms with E-state index in [0.29, 0.717) is 28.7 Å². The van der Waals surface area contributed by atoms with Crippen LogP contribution in [0.3, 0.4) is 0 Å². The normalized spacial score (nSPS) is 14.8. The third kappa shape index (κ3) is 3.78. The summed E-state index contributed by atoms with van der Waals surface area (Å²) >= 11 is 6.13. The van der Waals surface area contributed by atoms with E-state index in [1.54, 1.807) is 61.7 Å². The number of ether oxygens (including phenoxy) is 3. The van der Waals surface area contributed by atoms with E-state index in [0.717, 1.165) is 5.56 Å². The summed E-state index contributed by atoms with van der Waals surface area (Å²) in [6.07, 6.45) is 3.26. The zero-order valence-electron chi connectivity index (χ0n) is 14.1. The smallest absolute Gasteiger partial charge is 0.363 e. The second-order valence-corrected chi connectivity index (χ2v) is 5.73. The summed E-state index contributed by atoms with van der Waals surface area (Å²) in [4.78, 5) is 16.4. The molecule has 6 heteroatoms. The molecule has 0 bridgehead atoms. The Labute approximate surface area is 156 Å². The molecule has 0 atom stereocenters. The lowest BCUT2D eigenvalue weighted by Gasteiger charge is -2.09. The minimum absolute atomic E-state index is 0.182. The Balaban J connectivity index is 1.91. The molecule has 0 saturated carbocycles. The van der Waals surface area contributed by atoms with Gasteiger partial charge in [-0.1, -0.05) is 42.5 Å². The van der Waals surface area contributed by atoms with Crippen LogP contribution in [0, 0.1) is 0 Å². The molecule has 132 valence electrons. The highest BCUT2D eigenvalue weighted by molar-refractivity contribution is 6.34. The third-order valence-corrected chi connectivity index (χ3v) is 3.90. The molecule has 0 fully saturated rings. The van der Waals surface area contributed by atoms with Crippen molar-refractivity contribution in [2.75, 3.05) is 13.7 Å². The van der Waals surface area contributed by atoms with Gasteiger partial charge in [0.05, 0.1) is 17.7 Å². The number of methoxy groups -OCH3 is 1. The average molecular weight is 370 g/mol. The van der Waals surface area contributed by atoms with Gasteiger partial charge in [0.15, 0.2) is 17.2 Å². The van der Waals surface area contributed by atoms with Gasteiger partial charge in [-0.25, -0.2) is 9.79 Å². The number of esters is 1. The Hall–Kier alpha value is -3.05. The van der Waals surface area contributed by atoms with E-state index in [4.69, 9.17) is 25.8 Å². The summed E-state index contributed by atoms with van der Waals surface area (Å²) in [6, 6.07) is 12.3. The Bertz CT molecular complexity index is 918. The summed E-state index contributed by atoms with van der Waals surface area (Å²) in [5.41, 5.74) is 1.47. The molecule has 0 aromatic heterocycles. The maximum atomic E-state index is 12.1. The molecule has 0 unspecified atom stereocenters. The van der Waals surface area contributed by atoms with Crippen molar-refractivity contribution in [3.63, 3.8) is 0 Å². The van der Waals surface area contributed by atoms with Gasteiger partial charge in [0.25, 0.3) is 0 Å². The number of carbonyl (C=O) groups excluding carboxylic acids is 1. The molecule has 26 heavy (non-hydrogen) atoms. The van der Waals surface area contributed by atoms with Crippen molar-refractivity contribution in [3.05, 3.63) is 77.0 Å². The molecule has 1 aliphatic rings. The van der Waals surface area contributed by atoms with E-state index in [2.05, 4.69) is 11.6 Å². The first-order valence-corrected chi connectivity index (χ1v) is 8.19. The quantitative estimate of drug-likeness (QED) is 0.433. The van der Waals surface area contributed by atoms with Gasteiger partial charge < -0.3 is 14.2 Å². The molecule has 5 nitrogen and oxygen atoms in total. The highest BCUT2D eigenvalue weighted by Gasteiger charge is 2.25. The molecule has 0 radical (unpaired) electrons. The van der Waals surface area contributed by atoms with Crippen LogP contribution in [0.1, 0.15) is 11.1 Å². The second kappa shape index (κ2) is 7.89. The van der Waals surface area contributed by atoms with E-state index in [1.807, 2.05) is 0 Å². The lowest BCUT2D eigenvalue weighted by atomic mass is 10.1. The molecule has 3 rings (SSSR count). The van der Waals surface area contributed by atoms with Crippen LogP contribution in [0.5, 0.6) is 11.5 Å². The highest BCUT2D eigenvalue weighted by atomic mass is 35.5. The number of benzene rings is 2. The lowest BCUT2D eigenvalue weighted by Crippen LogP contribution is -2.05. The molecule has 2 aromatic carbocycles. The highest BCUT2D eigenvalue weighted by Crippen LogP contribution is 2.30. The SMILES string of the molecule is C=CCOc1ccc(/C=C2\N=C(c3ccccc3Cl)OC2=O)cc1OC. The summed E-state index contributed by atoms with van der Waals surface area (Å²) in [6.45, 7) is 3.98. The van der Waals surface area contributed by atoms with Crippen molar-refractivity contribution in [1.29, 1.82) is 0 Å². The van der Waals surface area contributed by atoms with Gasteiger partial charge in [-0.2, -0.15) is 0 Å². The van der Waals surface area contributed by atoms with Crippen molar-refractivity contribution in [2.45, 2.75) is 0 Å². The zero-order valence-corrected chi connectivity index (χ0v) is 14.8. The molecule has 0 N–H and O–H groups in total. The van der Waals surface area contributed by atoms with Gasteiger partial charge in [0.1, 0.15) is 6.61 Å². The van der Waals surface area contributed by atoms with Gasteiger partial charge in [-0.15, -0.1) is 0 Å². The minimum Gasteiger partial charge on any atom is -0.493 e. The number of hydrogen-bond acceptors (Lipinski definition) is 5. The summed E-state index contributed by atoms with van der Waals surface area (Å²) < 4.78 is 16.1. The fourth-order valence-corrected chi connectivity index (χ4v) is 2.58. The minimum atomic E-state index is -0.536. The third-order valence-electron chi connectivity index (χ3n) is 3.57. The molecule has 0 spiro atoms. The topological polar surface area (TPSA) is 57.1 Å². The van der Waals surface area contributed by atoms with Crippen molar-refractivity contribution >= 4 is 29.5 Å². The summed E-state index contributed by atoms with van der Waals surface area (Å²) in [5, 5.41) is 0.464. The molecule has 1 aliphatic heterocycles. The van der Waals surface area contributed by atoms with Gasteiger partial charge >= 0.3 is 5.97 Å². The van der Waals surface area contributed by atoms with Crippen LogP contribution < -0.4 is 9.47 Å². The first-order chi connectivity index (χ1) is 12.6. The molecule has 2 aromatic rings. The number of hydrogen-bond donors (Lipinski definition) is 0. The Morgan fingerprint density at radius 3 is 2.77 bits per heavy atom. The number of nitrogens with zero attached hydrogens (tertiary/aromatic N) is 1. The molecule has 0 aliphatic carbocycles. The van der Waals surface area contributed by atoms with Crippen molar-refractivity contribution in [2.24, 2.45) is 4.99 Å². The van der Waals surface area contributed by atoms with E-state index in [9.17, 15) is 4.79 Å². The first-order valence-electron chi connectivity index (χ1n) is 7.81. The van der Waals surface area contributed by atoms with Crippen molar-refractivity contribution in [3.8, 4) is 11.5 Å². The number of halogens is 1. The summed E-state index contributed by atoms with van der Waals surface area (Å²) in [7, 11) is 1.55. The van der Waals surface area contributed by atoms with Crippen LogP contribution in [-0.2, 0) is 9.53 Å². The van der Waals surface area contributed by atoms with Crippen molar-refractivity contribution < 1.29 is 19.0 Å². The van der Waals surface area contributed by atoms with Gasteiger partial charge in [0, 0.05) is 0 Å². The predicted octanol–water partition coefficient (Wildman–Crippen LogP) is 4.26. The first kappa shape index (κ1) is 17.8. The van der Waals surface area contributed by atoms with Crippen LogP contribution in [0.15, 0.2) is 65.8 Å². The average Bonchev–Trinajstić information content (AvgIpc) is 3.01. The maximum absolute atomic E-state index is 12.1.